The van der Waals surface area contributed by atoms with Crippen LogP contribution in [-0.2, 0) is 14.6 Å². The number of nitrogens with zero attached hydrogens (tertiary/aromatic N) is 1. The fourth-order valence-corrected chi connectivity index (χ4v) is 3.14. The van der Waals surface area contributed by atoms with Crippen LogP contribution in [0, 0.1) is 0 Å². The molecule has 0 aliphatic carbocycles. The van der Waals surface area contributed by atoms with E-state index in [1.165, 1.54) is 0 Å². The Morgan fingerprint density at radius 2 is 1.65 bits per heavy atom. The number of nitrogens with two attached hydrogens (primary N) is 1. The largest absolute Gasteiger partial charge is 0.494 e. The number of benzene rings is 2. The van der Waals surface area contributed by atoms with Crippen molar-refractivity contribution in [2.45, 2.75) is 25.8 Å². The van der Waals surface area contributed by atoms with E-state index in [-0.39, 0.29) is 6.61 Å². The number of aromatic nitrogens is 2. The molecule has 9 nitrogen and oxygen atoms in total. The fraction of sp³-hybridized carbons (Fsp3) is 0.286. The molecule has 0 unspecified atom stereocenters. The fourth-order valence-electron chi connectivity index (χ4n) is 2.71. The van der Waals surface area contributed by atoms with E-state index in [0.717, 1.165) is 17.7 Å². The molecule has 0 radical (unpaired) electrons. The second kappa shape index (κ2) is 9.64. The predicted molar refractivity (Wildman–Crippen MR) is 116 cm³/mol. The standard InChI is InChI=1S/C21H26N3O6P/c1-3-12-28-16-8-10-18(11-9-16)30-17-6-4-15(5-7-17)19-13-23-20(24-19)21(2,22)14-29-31(25,26)27/h4-11,13H,3,12,14,22H2,1-2H3,(H,23,24)(H2,25,26,27)/t21-/m0/s1. The molecule has 0 aliphatic heterocycles. The molecule has 166 valence electrons. The van der Waals surface area contributed by atoms with Gasteiger partial charge in [0.05, 0.1) is 30.6 Å². The third kappa shape index (κ3) is 6.65. The lowest BCUT2D eigenvalue weighted by Gasteiger charge is -2.22. The van der Waals surface area contributed by atoms with E-state index in [2.05, 4.69) is 21.4 Å². The van der Waals surface area contributed by atoms with Crippen molar-refractivity contribution in [3.05, 3.63) is 60.6 Å². The molecule has 0 saturated carbocycles. The lowest BCUT2D eigenvalue weighted by molar-refractivity contribution is 0.155. The molecular weight excluding hydrogens is 421 g/mol. The van der Waals surface area contributed by atoms with Gasteiger partial charge in [-0.2, -0.15) is 0 Å². The SMILES string of the molecule is CCCOc1ccc(Oc2ccc(-c3cnc([C@@](C)(N)COP(=O)(O)O)[nH]3)cc2)cc1. The first-order valence-corrected chi connectivity index (χ1v) is 11.2. The van der Waals surface area contributed by atoms with Crippen LogP contribution in [0.4, 0.5) is 0 Å². The highest BCUT2D eigenvalue weighted by molar-refractivity contribution is 7.46. The molecule has 0 fully saturated rings. The first-order chi connectivity index (χ1) is 14.7. The van der Waals surface area contributed by atoms with Crippen LogP contribution in [0.1, 0.15) is 26.1 Å². The third-order valence-corrected chi connectivity index (χ3v) is 4.81. The molecule has 0 amide bonds. The normalized spacial score (nSPS) is 13.6. The van der Waals surface area contributed by atoms with Crippen LogP contribution in [-0.4, -0.2) is 33.0 Å². The van der Waals surface area contributed by atoms with Crippen LogP contribution >= 0.6 is 7.82 Å². The zero-order valence-corrected chi connectivity index (χ0v) is 18.2. The molecule has 1 heterocycles. The van der Waals surface area contributed by atoms with E-state index in [4.69, 9.17) is 25.0 Å². The highest BCUT2D eigenvalue weighted by Gasteiger charge is 2.29. The summed E-state index contributed by atoms with van der Waals surface area (Å²) >= 11 is 0. The monoisotopic (exact) mass is 447 g/mol. The quantitative estimate of drug-likeness (QED) is 0.343. The third-order valence-electron chi connectivity index (χ3n) is 4.35. The van der Waals surface area contributed by atoms with Gasteiger partial charge in [-0.3, -0.25) is 4.52 Å². The van der Waals surface area contributed by atoms with Gasteiger partial charge < -0.3 is 30.0 Å². The van der Waals surface area contributed by atoms with Crippen molar-refractivity contribution >= 4 is 7.82 Å². The van der Waals surface area contributed by atoms with Crippen molar-refractivity contribution in [2.75, 3.05) is 13.2 Å². The summed E-state index contributed by atoms with van der Waals surface area (Å²) < 4.78 is 26.9. The first-order valence-electron chi connectivity index (χ1n) is 9.72. The van der Waals surface area contributed by atoms with Crippen LogP contribution in [0.3, 0.4) is 0 Å². The number of aromatic amines is 1. The van der Waals surface area contributed by atoms with E-state index in [9.17, 15) is 4.57 Å². The van der Waals surface area contributed by atoms with Gasteiger partial charge in [-0.15, -0.1) is 0 Å². The number of H-pyrrole nitrogens is 1. The Bertz CT molecular complexity index is 1030. The maximum Gasteiger partial charge on any atom is 0.469 e. The minimum absolute atomic E-state index is 0.349. The Morgan fingerprint density at radius 1 is 1.06 bits per heavy atom. The van der Waals surface area contributed by atoms with Gasteiger partial charge in [0.1, 0.15) is 23.1 Å². The second-order valence-electron chi connectivity index (χ2n) is 7.27. The van der Waals surface area contributed by atoms with Crippen molar-refractivity contribution in [3.63, 3.8) is 0 Å². The van der Waals surface area contributed by atoms with Crippen molar-refractivity contribution in [1.29, 1.82) is 0 Å². The number of rotatable bonds is 10. The minimum atomic E-state index is -4.62. The van der Waals surface area contributed by atoms with Crippen LogP contribution < -0.4 is 15.2 Å². The summed E-state index contributed by atoms with van der Waals surface area (Å²) in [5, 5.41) is 0. The van der Waals surface area contributed by atoms with E-state index >= 15 is 0 Å². The van der Waals surface area contributed by atoms with Crippen molar-refractivity contribution in [3.8, 4) is 28.5 Å². The van der Waals surface area contributed by atoms with Crippen LogP contribution in [0.5, 0.6) is 17.2 Å². The molecule has 31 heavy (non-hydrogen) atoms. The summed E-state index contributed by atoms with van der Waals surface area (Å²) in [6.45, 7) is 3.91. The lowest BCUT2D eigenvalue weighted by atomic mass is 10.1. The van der Waals surface area contributed by atoms with Gasteiger partial charge in [-0.05, 0) is 67.4 Å². The topological polar surface area (TPSA) is 140 Å². The van der Waals surface area contributed by atoms with Crippen molar-refractivity contribution in [1.82, 2.24) is 9.97 Å². The average molecular weight is 447 g/mol. The van der Waals surface area contributed by atoms with Crippen LogP contribution in [0.25, 0.3) is 11.3 Å². The minimum Gasteiger partial charge on any atom is -0.494 e. The van der Waals surface area contributed by atoms with Gasteiger partial charge in [0.15, 0.2) is 0 Å². The van der Waals surface area contributed by atoms with E-state index < -0.39 is 13.4 Å². The molecule has 3 aromatic rings. The Morgan fingerprint density at radius 3 is 2.23 bits per heavy atom. The maximum absolute atomic E-state index is 10.9. The van der Waals surface area contributed by atoms with Gasteiger partial charge in [-0.25, -0.2) is 9.55 Å². The zero-order chi connectivity index (χ0) is 22.5. The van der Waals surface area contributed by atoms with Crippen LogP contribution in [0.2, 0.25) is 0 Å². The number of phosphoric ester groups is 1. The number of hydrogen-bond donors (Lipinski definition) is 4. The van der Waals surface area contributed by atoms with Gasteiger partial charge in [0.25, 0.3) is 0 Å². The molecule has 0 aliphatic rings. The smallest absolute Gasteiger partial charge is 0.469 e. The molecule has 0 bridgehead atoms. The molecule has 2 aromatic carbocycles. The number of phosphoric acid groups is 1. The molecule has 10 heteroatoms. The maximum atomic E-state index is 10.9. The summed E-state index contributed by atoms with van der Waals surface area (Å²) in [6, 6.07) is 14.8. The molecule has 0 spiro atoms. The second-order valence-corrected chi connectivity index (χ2v) is 8.51. The molecule has 3 rings (SSSR count). The number of hydrogen-bond acceptors (Lipinski definition) is 6. The predicted octanol–water partition coefficient (Wildman–Crippen LogP) is 3.94. The van der Waals surface area contributed by atoms with Gasteiger partial charge in [-0.1, -0.05) is 6.92 Å². The van der Waals surface area contributed by atoms with Crippen molar-refractivity contribution in [2.24, 2.45) is 5.73 Å². The Kier molecular flexibility index (Phi) is 7.15. The summed E-state index contributed by atoms with van der Waals surface area (Å²) in [7, 11) is -4.62. The van der Waals surface area contributed by atoms with E-state index in [0.29, 0.717) is 29.6 Å². The van der Waals surface area contributed by atoms with E-state index in [1.54, 1.807) is 13.1 Å². The zero-order valence-electron chi connectivity index (χ0n) is 17.3. The highest BCUT2D eigenvalue weighted by atomic mass is 31.2. The molecule has 5 N–H and O–H groups in total. The lowest BCUT2D eigenvalue weighted by Crippen LogP contribution is -2.39. The summed E-state index contributed by atoms with van der Waals surface area (Å²) in [6.07, 6.45) is 2.55. The van der Waals surface area contributed by atoms with Gasteiger partial charge >= 0.3 is 7.82 Å². The summed E-state index contributed by atoms with van der Waals surface area (Å²) in [4.78, 5) is 25.1. The Balaban J connectivity index is 1.64. The number of ether oxygens (including phenoxy) is 2. The van der Waals surface area contributed by atoms with Crippen molar-refractivity contribution < 1.29 is 28.3 Å². The highest BCUT2D eigenvalue weighted by Crippen LogP contribution is 2.37. The summed E-state index contributed by atoms with van der Waals surface area (Å²) in [5.74, 6) is 2.52. The first kappa shape index (κ1) is 23.0. The molecular formula is C21H26N3O6P. The molecule has 1 atom stereocenters. The Hall–Kier alpha value is -2.68. The number of imidazole rings is 1. The van der Waals surface area contributed by atoms with Crippen LogP contribution in [0.15, 0.2) is 54.7 Å². The molecule has 1 aromatic heterocycles. The Labute approximate surface area is 180 Å². The van der Waals surface area contributed by atoms with Gasteiger partial charge in [0.2, 0.25) is 0 Å². The summed E-state index contributed by atoms with van der Waals surface area (Å²) in [5.41, 5.74) is 6.44. The average Bonchev–Trinajstić information content (AvgIpc) is 3.23. The van der Waals surface area contributed by atoms with Gasteiger partial charge in [0, 0.05) is 0 Å². The van der Waals surface area contributed by atoms with E-state index in [1.807, 2.05) is 48.5 Å². The molecule has 0 saturated heterocycles. The number of nitrogens with one attached hydrogen (secondary N) is 1.